The van der Waals surface area contributed by atoms with Crippen LogP contribution in [0.15, 0.2) is 0 Å². The molecular weight excluding hydrogens is 198 g/mol. The van der Waals surface area contributed by atoms with Gasteiger partial charge in [0.2, 0.25) is 0 Å². The maximum atomic E-state index is 4.41. The highest BCUT2D eigenvalue weighted by atomic mass is 32.1. The van der Waals surface area contributed by atoms with Crippen LogP contribution in [-0.4, -0.2) is 20.0 Å². The molecule has 0 N–H and O–H groups in total. The number of thiazole rings is 1. The molecule has 0 atom stereocenters. The van der Waals surface area contributed by atoms with Gasteiger partial charge < -0.3 is 0 Å². The standard InChI is InChI=1S/C8H12N5S/c1-5-6(2)14-8(9-5)13-11-7(3)10-12(13)4/h1-4H3/q+1. The second-order valence-corrected chi connectivity index (χ2v) is 4.35. The summed E-state index contributed by atoms with van der Waals surface area (Å²) in [4.78, 5) is 9.02. The molecule has 0 unspecified atom stereocenters. The second-order valence-electron chi connectivity index (χ2n) is 3.16. The van der Waals surface area contributed by atoms with Crippen molar-refractivity contribution in [1.82, 2.24) is 20.0 Å². The number of rotatable bonds is 1. The maximum absolute atomic E-state index is 4.41. The molecule has 0 aliphatic carbocycles. The average Bonchev–Trinajstić information content (AvgIpc) is 2.57. The van der Waals surface area contributed by atoms with Crippen molar-refractivity contribution in [1.29, 1.82) is 0 Å². The molecular formula is C8H12N5S+. The van der Waals surface area contributed by atoms with Gasteiger partial charge in [-0.1, -0.05) is 16.1 Å². The lowest BCUT2D eigenvalue weighted by atomic mass is 10.4. The number of hydrogen-bond donors (Lipinski definition) is 0. The zero-order chi connectivity index (χ0) is 10.3. The molecule has 0 radical (unpaired) electrons. The van der Waals surface area contributed by atoms with Gasteiger partial charge in [-0.2, -0.15) is 0 Å². The van der Waals surface area contributed by atoms with E-state index in [-0.39, 0.29) is 0 Å². The van der Waals surface area contributed by atoms with Crippen molar-refractivity contribution in [3.8, 4) is 5.13 Å². The minimum atomic E-state index is 0.748. The number of aryl methyl sites for hydroxylation is 4. The maximum Gasteiger partial charge on any atom is 0.306 e. The van der Waals surface area contributed by atoms with Gasteiger partial charge in [0.05, 0.1) is 10.8 Å². The van der Waals surface area contributed by atoms with Crippen LogP contribution in [0.5, 0.6) is 0 Å². The van der Waals surface area contributed by atoms with Crippen LogP contribution in [0.4, 0.5) is 0 Å². The highest BCUT2D eigenvalue weighted by molar-refractivity contribution is 7.14. The number of hydrogen-bond acceptors (Lipinski definition) is 4. The molecule has 0 aliphatic heterocycles. The largest absolute Gasteiger partial charge is 0.306 e. The molecule has 74 valence electrons. The van der Waals surface area contributed by atoms with E-state index in [2.05, 4.69) is 22.1 Å². The van der Waals surface area contributed by atoms with Crippen LogP contribution in [0.25, 0.3) is 5.13 Å². The van der Waals surface area contributed by atoms with Crippen LogP contribution in [-0.2, 0) is 7.05 Å². The Bertz CT molecular complexity index is 451. The smallest absolute Gasteiger partial charge is 0.218 e. The van der Waals surface area contributed by atoms with Crippen molar-refractivity contribution >= 4 is 11.3 Å². The van der Waals surface area contributed by atoms with Crippen LogP contribution in [0, 0.1) is 20.8 Å². The zero-order valence-electron chi connectivity index (χ0n) is 8.64. The molecule has 0 saturated carbocycles. The Morgan fingerprint density at radius 2 is 2.00 bits per heavy atom. The van der Waals surface area contributed by atoms with Crippen LogP contribution in [0.3, 0.4) is 0 Å². The molecule has 2 rings (SSSR count). The first-order valence-corrected chi connectivity index (χ1v) is 5.14. The summed E-state index contributed by atoms with van der Waals surface area (Å²) in [6.07, 6.45) is 0. The van der Waals surface area contributed by atoms with Gasteiger partial charge in [-0.3, -0.25) is 0 Å². The van der Waals surface area contributed by atoms with Crippen molar-refractivity contribution < 1.29 is 4.80 Å². The van der Waals surface area contributed by atoms with Gasteiger partial charge in [0.15, 0.2) is 0 Å². The molecule has 0 aliphatic rings. The molecule has 5 nitrogen and oxygen atoms in total. The van der Waals surface area contributed by atoms with Crippen LogP contribution < -0.4 is 4.80 Å². The summed E-state index contributed by atoms with van der Waals surface area (Å²) >= 11 is 1.62. The molecule has 2 heterocycles. The zero-order valence-corrected chi connectivity index (χ0v) is 9.46. The van der Waals surface area contributed by atoms with Crippen LogP contribution in [0.2, 0.25) is 0 Å². The lowest BCUT2D eigenvalue weighted by Crippen LogP contribution is -2.41. The Labute approximate surface area is 86.0 Å². The molecule has 0 bridgehead atoms. The van der Waals surface area contributed by atoms with Crippen molar-refractivity contribution in [2.24, 2.45) is 7.05 Å². The minimum Gasteiger partial charge on any atom is -0.218 e. The molecule has 0 spiro atoms. The highest BCUT2D eigenvalue weighted by Crippen LogP contribution is 2.17. The second kappa shape index (κ2) is 3.13. The first-order chi connectivity index (χ1) is 6.58. The summed E-state index contributed by atoms with van der Waals surface area (Å²) in [6.45, 7) is 5.92. The third kappa shape index (κ3) is 1.41. The quantitative estimate of drug-likeness (QED) is 0.643. The minimum absolute atomic E-state index is 0.748. The van der Waals surface area contributed by atoms with Gasteiger partial charge in [0, 0.05) is 16.6 Å². The van der Waals surface area contributed by atoms with Gasteiger partial charge in [-0.15, -0.1) is 0 Å². The Morgan fingerprint density at radius 1 is 1.29 bits per heavy atom. The van der Waals surface area contributed by atoms with Crippen LogP contribution in [0.1, 0.15) is 16.4 Å². The van der Waals surface area contributed by atoms with Crippen molar-refractivity contribution in [3.05, 3.63) is 16.4 Å². The lowest BCUT2D eigenvalue weighted by molar-refractivity contribution is -0.800. The molecule has 0 aromatic carbocycles. The van der Waals surface area contributed by atoms with E-state index in [9.17, 15) is 0 Å². The molecule has 14 heavy (non-hydrogen) atoms. The SMILES string of the molecule is Cc1nn(-c2nc(C)c(C)s2)[n+](C)n1. The summed E-state index contributed by atoms with van der Waals surface area (Å²) in [5.74, 6) is 0.748. The highest BCUT2D eigenvalue weighted by Gasteiger charge is 2.17. The normalized spacial score (nSPS) is 10.9. The Morgan fingerprint density at radius 3 is 2.43 bits per heavy atom. The first-order valence-electron chi connectivity index (χ1n) is 4.32. The molecule has 6 heteroatoms. The average molecular weight is 210 g/mol. The van der Waals surface area contributed by atoms with Gasteiger partial charge in [0.1, 0.15) is 7.05 Å². The van der Waals surface area contributed by atoms with E-state index in [0.29, 0.717) is 0 Å². The fraction of sp³-hybridized carbons (Fsp3) is 0.500. The fourth-order valence-corrected chi connectivity index (χ4v) is 2.07. The van der Waals surface area contributed by atoms with E-state index >= 15 is 0 Å². The van der Waals surface area contributed by atoms with Gasteiger partial charge >= 0.3 is 5.82 Å². The van der Waals surface area contributed by atoms with E-state index in [0.717, 1.165) is 16.6 Å². The monoisotopic (exact) mass is 210 g/mol. The van der Waals surface area contributed by atoms with E-state index in [1.165, 1.54) is 4.88 Å². The van der Waals surface area contributed by atoms with E-state index in [1.54, 1.807) is 20.9 Å². The molecule has 2 aromatic heterocycles. The van der Waals surface area contributed by atoms with E-state index in [4.69, 9.17) is 0 Å². The molecule has 0 amide bonds. The Hall–Kier alpha value is -1.30. The summed E-state index contributed by atoms with van der Waals surface area (Å²) in [5, 5.41) is 9.28. The summed E-state index contributed by atoms with van der Waals surface area (Å²) < 4.78 is 0. The number of aromatic nitrogens is 5. The van der Waals surface area contributed by atoms with Gasteiger partial charge in [-0.05, 0) is 18.9 Å². The predicted octanol–water partition coefficient (Wildman–Crippen LogP) is 0.474. The number of tetrazole rings is 1. The molecule has 2 aromatic rings. The van der Waals surface area contributed by atoms with Crippen molar-refractivity contribution in [2.75, 3.05) is 0 Å². The molecule has 0 saturated heterocycles. The summed E-state index contributed by atoms with van der Waals surface area (Å²) in [5.41, 5.74) is 1.05. The van der Waals surface area contributed by atoms with Crippen molar-refractivity contribution in [3.63, 3.8) is 0 Å². The predicted molar refractivity (Wildman–Crippen MR) is 52.4 cm³/mol. The van der Waals surface area contributed by atoms with Gasteiger partial charge in [0.25, 0.3) is 5.13 Å². The molecule has 0 fully saturated rings. The fourth-order valence-electron chi connectivity index (χ4n) is 1.18. The van der Waals surface area contributed by atoms with E-state index in [1.807, 2.05) is 20.9 Å². The first kappa shape index (κ1) is 9.26. The lowest BCUT2D eigenvalue weighted by Gasteiger charge is -1.86. The summed E-state index contributed by atoms with van der Waals surface area (Å²) in [7, 11) is 1.85. The third-order valence-electron chi connectivity index (χ3n) is 1.99. The summed E-state index contributed by atoms with van der Waals surface area (Å²) in [6, 6.07) is 0. The third-order valence-corrected chi connectivity index (χ3v) is 3.03. The van der Waals surface area contributed by atoms with Crippen molar-refractivity contribution in [2.45, 2.75) is 20.8 Å². The van der Waals surface area contributed by atoms with Crippen LogP contribution >= 0.6 is 11.3 Å². The van der Waals surface area contributed by atoms with E-state index < -0.39 is 0 Å². The Kier molecular flexibility index (Phi) is 2.07. The number of nitrogens with zero attached hydrogens (tertiary/aromatic N) is 5. The topological polar surface area (TPSA) is 47.5 Å². The van der Waals surface area contributed by atoms with Gasteiger partial charge in [-0.25, -0.2) is 4.98 Å². The Balaban J connectivity index is 2.54.